The van der Waals surface area contributed by atoms with E-state index in [1.54, 1.807) is 0 Å². The van der Waals surface area contributed by atoms with Crippen LogP contribution in [0.3, 0.4) is 0 Å². The van der Waals surface area contributed by atoms with E-state index in [2.05, 4.69) is 16.3 Å². The second-order valence-corrected chi connectivity index (χ2v) is 4.78. The molecular weight excluding hydrogens is 236 g/mol. The summed E-state index contributed by atoms with van der Waals surface area (Å²) in [5.41, 5.74) is 2.79. The summed E-state index contributed by atoms with van der Waals surface area (Å²) < 4.78 is 2.04. The zero-order valence-electron chi connectivity index (χ0n) is 10.8. The molecule has 1 aromatic heterocycles. The molecule has 4 heteroatoms. The Morgan fingerprint density at radius 1 is 1.32 bits per heavy atom. The number of nitrogens with zero attached hydrogens (tertiary/aromatic N) is 4. The molecule has 0 bridgehead atoms. The molecule has 0 amide bonds. The molecule has 2 heterocycles. The van der Waals surface area contributed by atoms with Gasteiger partial charge in [0, 0.05) is 13.0 Å². The lowest BCUT2D eigenvalue weighted by molar-refractivity contribution is 0.732. The molecule has 2 aromatic rings. The predicted molar refractivity (Wildman–Crippen MR) is 73.0 cm³/mol. The van der Waals surface area contributed by atoms with E-state index < -0.39 is 0 Å². The minimum absolute atomic E-state index is 0.574. The van der Waals surface area contributed by atoms with Gasteiger partial charge in [0.15, 0.2) is 5.82 Å². The van der Waals surface area contributed by atoms with Crippen molar-refractivity contribution in [1.29, 1.82) is 5.26 Å². The summed E-state index contributed by atoms with van der Waals surface area (Å²) in [5, 5.41) is 17.6. The van der Waals surface area contributed by atoms with E-state index in [9.17, 15) is 5.26 Å². The molecule has 94 valence electrons. The monoisotopic (exact) mass is 250 g/mol. The topological polar surface area (TPSA) is 54.5 Å². The van der Waals surface area contributed by atoms with Crippen molar-refractivity contribution in [3.8, 4) is 6.07 Å². The van der Waals surface area contributed by atoms with Crippen molar-refractivity contribution in [2.45, 2.75) is 26.3 Å². The molecule has 1 aliphatic rings. The van der Waals surface area contributed by atoms with Crippen LogP contribution in [0.25, 0.3) is 11.6 Å². The van der Waals surface area contributed by atoms with E-state index in [1.807, 2.05) is 41.8 Å². The zero-order valence-corrected chi connectivity index (χ0v) is 10.8. The standard InChI is InChI=1S/C15H14N4/c1-11-4-6-12(7-5-11)9-13(10-16)15-18-17-14-3-2-8-19(14)15/h4-7,9H,2-3,8H2,1H3/b13-9+. The van der Waals surface area contributed by atoms with Crippen molar-refractivity contribution < 1.29 is 0 Å². The van der Waals surface area contributed by atoms with Gasteiger partial charge in [0.25, 0.3) is 0 Å². The maximum absolute atomic E-state index is 9.35. The molecule has 0 N–H and O–H groups in total. The second-order valence-electron chi connectivity index (χ2n) is 4.78. The lowest BCUT2D eigenvalue weighted by Gasteiger charge is -2.01. The van der Waals surface area contributed by atoms with Crippen LogP contribution < -0.4 is 0 Å². The summed E-state index contributed by atoms with van der Waals surface area (Å²) in [6.45, 7) is 2.95. The molecule has 0 saturated heterocycles. The Labute approximate surface area is 112 Å². The van der Waals surface area contributed by atoms with Crippen LogP contribution in [0.15, 0.2) is 24.3 Å². The first-order valence-corrected chi connectivity index (χ1v) is 6.39. The molecule has 1 aliphatic heterocycles. The number of hydrogen-bond acceptors (Lipinski definition) is 3. The van der Waals surface area contributed by atoms with Gasteiger partial charge in [-0.3, -0.25) is 0 Å². The molecule has 4 nitrogen and oxygen atoms in total. The van der Waals surface area contributed by atoms with Gasteiger partial charge >= 0.3 is 0 Å². The molecule has 0 spiro atoms. The Bertz CT molecular complexity index is 671. The smallest absolute Gasteiger partial charge is 0.174 e. The summed E-state index contributed by atoms with van der Waals surface area (Å²) in [6.07, 6.45) is 3.91. The third kappa shape index (κ3) is 2.15. The van der Waals surface area contributed by atoms with E-state index in [4.69, 9.17) is 0 Å². The molecule has 3 rings (SSSR count). The third-order valence-corrected chi connectivity index (χ3v) is 3.36. The highest BCUT2D eigenvalue weighted by Gasteiger charge is 2.19. The minimum atomic E-state index is 0.574. The first-order valence-electron chi connectivity index (χ1n) is 6.39. The van der Waals surface area contributed by atoms with Gasteiger partial charge in [-0.1, -0.05) is 29.8 Å². The predicted octanol–water partition coefficient (Wildman–Crippen LogP) is 2.60. The highest BCUT2D eigenvalue weighted by Crippen LogP contribution is 2.21. The first kappa shape index (κ1) is 11.7. The van der Waals surface area contributed by atoms with Crippen molar-refractivity contribution in [2.75, 3.05) is 0 Å². The fourth-order valence-electron chi connectivity index (χ4n) is 2.33. The molecular formula is C15H14N4. The van der Waals surface area contributed by atoms with Crippen LogP contribution in [-0.2, 0) is 13.0 Å². The number of aromatic nitrogens is 3. The van der Waals surface area contributed by atoms with Crippen LogP contribution >= 0.6 is 0 Å². The normalized spacial score (nSPS) is 14.2. The Morgan fingerprint density at radius 2 is 2.11 bits per heavy atom. The van der Waals surface area contributed by atoms with Gasteiger partial charge in [-0.2, -0.15) is 5.26 Å². The fraction of sp³-hybridized carbons (Fsp3) is 0.267. The minimum Gasteiger partial charge on any atom is -0.310 e. The van der Waals surface area contributed by atoms with Crippen LogP contribution in [0.4, 0.5) is 0 Å². The first-order chi connectivity index (χ1) is 9.28. The van der Waals surface area contributed by atoms with Crippen LogP contribution in [-0.4, -0.2) is 14.8 Å². The number of rotatable bonds is 2. The van der Waals surface area contributed by atoms with Crippen molar-refractivity contribution >= 4 is 11.6 Å². The van der Waals surface area contributed by atoms with Crippen LogP contribution in [0.5, 0.6) is 0 Å². The molecule has 0 saturated carbocycles. The third-order valence-electron chi connectivity index (χ3n) is 3.36. The summed E-state index contributed by atoms with van der Waals surface area (Å²) in [5.74, 6) is 1.68. The summed E-state index contributed by atoms with van der Waals surface area (Å²) in [4.78, 5) is 0. The van der Waals surface area contributed by atoms with Crippen LogP contribution in [0, 0.1) is 18.3 Å². The second kappa shape index (κ2) is 4.69. The van der Waals surface area contributed by atoms with Crippen molar-refractivity contribution in [3.63, 3.8) is 0 Å². The van der Waals surface area contributed by atoms with E-state index in [0.29, 0.717) is 11.4 Å². The van der Waals surface area contributed by atoms with Crippen LogP contribution in [0.2, 0.25) is 0 Å². The molecule has 0 aliphatic carbocycles. The van der Waals surface area contributed by atoms with Crippen molar-refractivity contribution in [1.82, 2.24) is 14.8 Å². The van der Waals surface area contributed by atoms with Crippen molar-refractivity contribution in [2.24, 2.45) is 0 Å². The van der Waals surface area contributed by atoms with Gasteiger partial charge in [0.1, 0.15) is 11.9 Å². The number of benzene rings is 1. The summed E-state index contributed by atoms with van der Waals surface area (Å²) in [7, 11) is 0. The van der Waals surface area contributed by atoms with Gasteiger partial charge in [0.05, 0.1) is 5.57 Å². The Morgan fingerprint density at radius 3 is 2.84 bits per heavy atom. The quantitative estimate of drug-likeness (QED) is 0.770. The van der Waals surface area contributed by atoms with E-state index >= 15 is 0 Å². The van der Waals surface area contributed by atoms with Gasteiger partial charge in [-0.15, -0.1) is 10.2 Å². The average Bonchev–Trinajstić information content (AvgIpc) is 3.01. The highest BCUT2D eigenvalue weighted by atomic mass is 15.3. The Kier molecular flexibility index (Phi) is 2.88. The largest absolute Gasteiger partial charge is 0.310 e. The summed E-state index contributed by atoms with van der Waals surface area (Å²) in [6, 6.07) is 10.3. The maximum atomic E-state index is 9.35. The Hall–Kier alpha value is -2.41. The number of nitriles is 1. The molecule has 0 radical (unpaired) electrons. The van der Waals surface area contributed by atoms with E-state index in [-0.39, 0.29) is 0 Å². The molecule has 0 unspecified atom stereocenters. The fourth-order valence-corrected chi connectivity index (χ4v) is 2.33. The van der Waals surface area contributed by atoms with Gasteiger partial charge in [-0.05, 0) is 25.0 Å². The molecule has 19 heavy (non-hydrogen) atoms. The van der Waals surface area contributed by atoms with Gasteiger partial charge < -0.3 is 4.57 Å². The molecule has 0 fully saturated rings. The number of hydrogen-bond donors (Lipinski definition) is 0. The maximum Gasteiger partial charge on any atom is 0.174 e. The number of allylic oxidation sites excluding steroid dienone is 1. The highest BCUT2D eigenvalue weighted by molar-refractivity contribution is 5.87. The van der Waals surface area contributed by atoms with Crippen molar-refractivity contribution in [3.05, 3.63) is 47.0 Å². The SMILES string of the molecule is Cc1ccc(/C=C(\C#N)c2nnc3n2CCC3)cc1. The zero-order chi connectivity index (χ0) is 13.2. The number of fused-ring (bicyclic) bond motifs is 1. The van der Waals surface area contributed by atoms with E-state index in [0.717, 1.165) is 30.8 Å². The lowest BCUT2D eigenvalue weighted by Crippen LogP contribution is -1.99. The van der Waals surface area contributed by atoms with Gasteiger partial charge in [-0.25, -0.2) is 0 Å². The Balaban J connectivity index is 2.01. The van der Waals surface area contributed by atoms with Crippen LogP contribution in [0.1, 0.15) is 29.2 Å². The average molecular weight is 250 g/mol. The van der Waals surface area contributed by atoms with Gasteiger partial charge in [0.2, 0.25) is 0 Å². The molecule has 0 atom stereocenters. The summed E-state index contributed by atoms with van der Waals surface area (Å²) >= 11 is 0. The molecule has 1 aromatic carbocycles. The van der Waals surface area contributed by atoms with E-state index in [1.165, 1.54) is 5.56 Å². The lowest BCUT2D eigenvalue weighted by atomic mass is 10.1. The number of aryl methyl sites for hydroxylation is 2.